The van der Waals surface area contributed by atoms with E-state index in [1.54, 1.807) is 33.2 Å². The molecular formula is C21H27N7O6. The van der Waals surface area contributed by atoms with E-state index in [4.69, 9.17) is 19.2 Å². The molecule has 0 saturated carbocycles. The first-order valence-corrected chi connectivity index (χ1v) is 11.0. The van der Waals surface area contributed by atoms with Gasteiger partial charge in [-0.15, -0.1) is 0 Å². The van der Waals surface area contributed by atoms with Gasteiger partial charge in [-0.3, -0.25) is 10.3 Å². The Kier molecular flexibility index (Phi) is 6.26. The minimum absolute atomic E-state index is 0.0794. The minimum Gasteiger partial charge on any atom is -0.486 e. The summed E-state index contributed by atoms with van der Waals surface area (Å²) in [5.74, 6) is 1.03. The van der Waals surface area contributed by atoms with Crippen LogP contribution < -0.4 is 10.1 Å². The molecule has 13 heteroatoms. The Morgan fingerprint density at radius 3 is 2.62 bits per heavy atom. The molecule has 34 heavy (non-hydrogen) atoms. The molecule has 4 rings (SSSR count). The van der Waals surface area contributed by atoms with Crippen LogP contribution in [0.3, 0.4) is 0 Å². The Morgan fingerprint density at radius 1 is 1.24 bits per heavy atom. The third-order valence-corrected chi connectivity index (χ3v) is 5.26. The van der Waals surface area contributed by atoms with Crippen molar-refractivity contribution in [2.75, 3.05) is 18.4 Å². The molecule has 0 unspecified atom stereocenters. The van der Waals surface area contributed by atoms with Gasteiger partial charge in [0, 0.05) is 32.5 Å². The van der Waals surface area contributed by atoms with Gasteiger partial charge >= 0.3 is 12.2 Å². The maximum Gasteiger partial charge on any atom is 0.413 e. The summed E-state index contributed by atoms with van der Waals surface area (Å²) in [5, 5.41) is 19.5. The number of imidazole rings is 1. The number of carbonyl (C=O) groups is 2. The highest BCUT2D eigenvalue weighted by atomic mass is 16.6. The number of fused-ring (bicyclic) bond motifs is 1. The summed E-state index contributed by atoms with van der Waals surface area (Å²) in [6.07, 6.45) is 2.61. The van der Waals surface area contributed by atoms with E-state index in [1.165, 1.54) is 4.90 Å². The number of nitrogens with zero attached hydrogens (tertiary/aromatic N) is 6. The number of ether oxygens (including phenoxy) is 2. The van der Waals surface area contributed by atoms with E-state index in [9.17, 15) is 9.59 Å². The third-order valence-electron chi connectivity index (χ3n) is 5.26. The maximum absolute atomic E-state index is 12.2. The molecule has 2 amide bonds. The summed E-state index contributed by atoms with van der Waals surface area (Å²) in [5.41, 5.74) is 0.837. The molecule has 0 atom stereocenters. The Morgan fingerprint density at radius 2 is 1.97 bits per heavy atom. The highest BCUT2D eigenvalue weighted by Crippen LogP contribution is 2.33. The number of anilines is 1. The van der Waals surface area contributed by atoms with Crippen molar-refractivity contribution in [3.8, 4) is 17.3 Å². The van der Waals surface area contributed by atoms with Crippen LogP contribution in [0, 0.1) is 0 Å². The van der Waals surface area contributed by atoms with Gasteiger partial charge in [0.25, 0.3) is 0 Å². The zero-order chi connectivity index (χ0) is 24.5. The molecule has 182 valence electrons. The molecule has 1 aliphatic heterocycles. The molecule has 1 aliphatic rings. The third kappa shape index (κ3) is 4.87. The van der Waals surface area contributed by atoms with E-state index < -0.39 is 17.8 Å². The number of hydrogen-bond donors (Lipinski definition) is 2. The molecule has 1 fully saturated rings. The number of carboxylic acid groups (broad SMARTS) is 1. The smallest absolute Gasteiger partial charge is 0.413 e. The van der Waals surface area contributed by atoms with Gasteiger partial charge in [-0.2, -0.15) is 0 Å². The van der Waals surface area contributed by atoms with E-state index in [1.807, 2.05) is 11.5 Å². The SMILES string of the molecule is CCn1c(-c2nonc2NC(=O)OC(C)(C)C)nc2cncc(OC3CCN(C(=O)O)CC3)c21. The standard InChI is InChI=1S/C21H27N7O6/c1-5-28-16-13(10-22-11-14(16)32-12-6-8-27(9-7-12)20(30)31)23-18(28)15-17(26-34-25-15)24-19(29)33-21(2,3)4/h10-12H,5-9H2,1-4H3,(H,30,31)(H,24,26,29). The number of hydrogen-bond acceptors (Lipinski definition) is 9. The Balaban J connectivity index is 1.62. The number of aromatic nitrogens is 5. The molecule has 1 saturated heterocycles. The summed E-state index contributed by atoms with van der Waals surface area (Å²) < 4.78 is 18.3. The van der Waals surface area contributed by atoms with Crippen LogP contribution in [0.5, 0.6) is 5.75 Å². The summed E-state index contributed by atoms with van der Waals surface area (Å²) in [7, 11) is 0. The summed E-state index contributed by atoms with van der Waals surface area (Å²) >= 11 is 0. The Bertz CT molecular complexity index is 1190. The van der Waals surface area contributed by atoms with Gasteiger partial charge in [-0.25, -0.2) is 19.2 Å². The molecule has 0 spiro atoms. The number of pyridine rings is 1. The Labute approximate surface area is 195 Å². The lowest BCUT2D eigenvalue weighted by Crippen LogP contribution is -2.41. The normalized spacial score (nSPS) is 14.9. The average Bonchev–Trinajstić information content (AvgIpc) is 3.36. The average molecular weight is 473 g/mol. The fraction of sp³-hybridized carbons (Fsp3) is 0.524. The van der Waals surface area contributed by atoms with E-state index in [0.717, 1.165) is 0 Å². The van der Waals surface area contributed by atoms with Crippen molar-refractivity contribution < 1.29 is 28.8 Å². The van der Waals surface area contributed by atoms with Crippen molar-refractivity contribution in [1.82, 2.24) is 29.7 Å². The zero-order valence-electron chi connectivity index (χ0n) is 19.4. The van der Waals surface area contributed by atoms with E-state index in [-0.39, 0.29) is 17.6 Å². The van der Waals surface area contributed by atoms with Crippen molar-refractivity contribution in [3.05, 3.63) is 12.4 Å². The van der Waals surface area contributed by atoms with Crippen LogP contribution in [-0.4, -0.2) is 71.8 Å². The van der Waals surface area contributed by atoms with Crippen LogP contribution in [0.15, 0.2) is 17.0 Å². The largest absolute Gasteiger partial charge is 0.486 e. The van der Waals surface area contributed by atoms with Gasteiger partial charge < -0.3 is 24.0 Å². The molecule has 13 nitrogen and oxygen atoms in total. The van der Waals surface area contributed by atoms with Gasteiger partial charge in [0.05, 0.1) is 12.4 Å². The topological polar surface area (TPSA) is 158 Å². The van der Waals surface area contributed by atoms with Crippen molar-refractivity contribution in [2.45, 2.75) is 58.8 Å². The van der Waals surface area contributed by atoms with Gasteiger partial charge in [-0.1, -0.05) is 0 Å². The van der Waals surface area contributed by atoms with Gasteiger partial charge in [0.1, 0.15) is 22.7 Å². The summed E-state index contributed by atoms with van der Waals surface area (Å²) in [6, 6.07) is 0. The quantitative estimate of drug-likeness (QED) is 0.563. The van der Waals surface area contributed by atoms with Crippen LogP contribution in [0.4, 0.5) is 15.4 Å². The summed E-state index contributed by atoms with van der Waals surface area (Å²) in [4.78, 5) is 33.7. The number of likely N-dealkylation sites (tertiary alicyclic amines) is 1. The lowest BCUT2D eigenvalue weighted by atomic mass is 10.1. The van der Waals surface area contributed by atoms with Crippen molar-refractivity contribution in [3.63, 3.8) is 0 Å². The second-order valence-electron chi connectivity index (χ2n) is 8.86. The van der Waals surface area contributed by atoms with E-state index >= 15 is 0 Å². The van der Waals surface area contributed by atoms with E-state index in [0.29, 0.717) is 55.1 Å². The van der Waals surface area contributed by atoms with Crippen LogP contribution in [0.25, 0.3) is 22.6 Å². The first-order chi connectivity index (χ1) is 16.2. The molecule has 0 aliphatic carbocycles. The second-order valence-corrected chi connectivity index (χ2v) is 8.86. The van der Waals surface area contributed by atoms with E-state index in [2.05, 4.69) is 25.6 Å². The highest BCUT2D eigenvalue weighted by Gasteiger charge is 2.27. The Hall–Kier alpha value is -3.90. The fourth-order valence-electron chi connectivity index (χ4n) is 3.79. The molecule has 0 aromatic carbocycles. The van der Waals surface area contributed by atoms with Crippen LogP contribution in [-0.2, 0) is 11.3 Å². The number of rotatable bonds is 5. The lowest BCUT2D eigenvalue weighted by Gasteiger charge is -2.30. The number of carbonyl (C=O) groups excluding carboxylic acids is 1. The molecule has 3 aromatic rings. The van der Waals surface area contributed by atoms with Crippen molar-refractivity contribution >= 4 is 29.0 Å². The molecule has 0 radical (unpaired) electrons. The molecule has 3 aromatic heterocycles. The number of piperidine rings is 1. The summed E-state index contributed by atoms with van der Waals surface area (Å²) in [6.45, 7) is 8.54. The van der Waals surface area contributed by atoms with Gasteiger partial charge in [-0.05, 0) is 38.0 Å². The molecule has 4 heterocycles. The fourth-order valence-corrected chi connectivity index (χ4v) is 3.79. The van der Waals surface area contributed by atoms with Gasteiger partial charge in [0.15, 0.2) is 17.3 Å². The first-order valence-electron chi connectivity index (χ1n) is 11.0. The van der Waals surface area contributed by atoms with Crippen molar-refractivity contribution in [2.24, 2.45) is 0 Å². The molecule has 0 bridgehead atoms. The number of nitrogens with one attached hydrogen (secondary N) is 1. The molecule has 2 N–H and O–H groups in total. The van der Waals surface area contributed by atoms with Crippen LogP contribution in [0.2, 0.25) is 0 Å². The lowest BCUT2D eigenvalue weighted by molar-refractivity contribution is 0.0634. The molecular weight excluding hydrogens is 446 g/mol. The number of amides is 2. The maximum atomic E-state index is 12.2. The number of aryl methyl sites for hydroxylation is 1. The zero-order valence-corrected chi connectivity index (χ0v) is 19.4. The second kappa shape index (κ2) is 9.15. The predicted octanol–water partition coefficient (Wildman–Crippen LogP) is 3.37. The predicted molar refractivity (Wildman–Crippen MR) is 120 cm³/mol. The van der Waals surface area contributed by atoms with Crippen molar-refractivity contribution in [1.29, 1.82) is 0 Å². The van der Waals surface area contributed by atoms with Crippen LogP contribution in [0.1, 0.15) is 40.5 Å². The first kappa shape index (κ1) is 23.3. The van der Waals surface area contributed by atoms with Gasteiger partial charge in [0.2, 0.25) is 5.82 Å². The monoisotopic (exact) mass is 473 g/mol. The highest BCUT2D eigenvalue weighted by molar-refractivity contribution is 5.90. The van der Waals surface area contributed by atoms with Crippen LogP contribution >= 0.6 is 0 Å². The minimum atomic E-state index is -0.923.